The fourth-order valence-electron chi connectivity index (χ4n) is 1.81. The number of aromatic nitrogens is 1. The highest BCUT2D eigenvalue weighted by Gasteiger charge is 2.13. The van der Waals surface area contributed by atoms with Gasteiger partial charge < -0.3 is 4.98 Å². The van der Waals surface area contributed by atoms with Crippen LogP contribution in [0.15, 0.2) is 24.3 Å². The summed E-state index contributed by atoms with van der Waals surface area (Å²) in [5, 5.41) is 1.04. The van der Waals surface area contributed by atoms with Crippen LogP contribution < -0.4 is 0 Å². The summed E-state index contributed by atoms with van der Waals surface area (Å²) in [5.74, 6) is 0.208. The summed E-state index contributed by atoms with van der Waals surface area (Å²) in [6.07, 6.45) is 0.558. The number of ketones is 1. The molecule has 74 valence electrons. The number of H-pyrrole nitrogens is 1. The molecular formula is C12H15NO. The van der Waals surface area contributed by atoms with Crippen LogP contribution in [0, 0.1) is 6.92 Å². The number of rotatable bonds is 2. The van der Waals surface area contributed by atoms with E-state index in [2.05, 4.69) is 4.98 Å². The Hall–Kier alpha value is -1.57. The average Bonchev–Trinajstić information content (AvgIpc) is 2.53. The minimum absolute atomic E-state index is 0. The van der Waals surface area contributed by atoms with Crippen molar-refractivity contribution in [1.29, 1.82) is 0 Å². The molecule has 0 fully saturated rings. The number of hydrogen-bond acceptors (Lipinski definition) is 1. The van der Waals surface area contributed by atoms with Crippen LogP contribution in [0.5, 0.6) is 0 Å². The number of carbonyl (C=O) groups excluding carboxylic acids is 1. The predicted molar refractivity (Wildman–Crippen MR) is 59.8 cm³/mol. The molecule has 1 aromatic carbocycles. The Bertz CT molecular complexity index is 487. The van der Waals surface area contributed by atoms with Crippen molar-refractivity contribution in [1.82, 2.24) is 4.98 Å². The molecular weight excluding hydrogens is 174 g/mol. The number of aryl methyl sites for hydroxylation is 1. The van der Waals surface area contributed by atoms with Gasteiger partial charge >= 0.3 is 0 Å². The lowest BCUT2D eigenvalue weighted by molar-refractivity contribution is 0.0989. The van der Waals surface area contributed by atoms with Crippen molar-refractivity contribution in [2.45, 2.75) is 20.3 Å². The smallest absolute Gasteiger partial charge is 0.165 e. The van der Waals surface area contributed by atoms with E-state index < -0.39 is 0 Å². The van der Waals surface area contributed by atoms with Crippen LogP contribution in [0.1, 0.15) is 30.8 Å². The second-order valence-corrected chi connectivity index (χ2v) is 3.45. The summed E-state index contributed by atoms with van der Waals surface area (Å²) >= 11 is 0. The van der Waals surface area contributed by atoms with Gasteiger partial charge in [-0.05, 0) is 13.0 Å². The fourth-order valence-corrected chi connectivity index (χ4v) is 1.81. The van der Waals surface area contributed by atoms with E-state index in [0.717, 1.165) is 22.2 Å². The SMILES string of the molecule is CCC(=O)c1c(C)[nH]c2ccccc12.[HH]. The summed E-state index contributed by atoms with van der Waals surface area (Å²) in [4.78, 5) is 14.9. The lowest BCUT2D eigenvalue weighted by Gasteiger charge is -1.96. The number of para-hydroxylation sites is 1. The van der Waals surface area contributed by atoms with Gasteiger partial charge in [-0.2, -0.15) is 0 Å². The van der Waals surface area contributed by atoms with Crippen molar-refractivity contribution in [3.63, 3.8) is 0 Å². The number of fused-ring (bicyclic) bond motifs is 1. The van der Waals surface area contributed by atoms with Crippen LogP contribution in [0.3, 0.4) is 0 Å². The zero-order valence-corrected chi connectivity index (χ0v) is 8.42. The van der Waals surface area contributed by atoms with Crippen molar-refractivity contribution in [2.75, 3.05) is 0 Å². The van der Waals surface area contributed by atoms with E-state index in [1.165, 1.54) is 0 Å². The first-order valence-corrected chi connectivity index (χ1v) is 4.84. The molecule has 2 aromatic rings. The lowest BCUT2D eigenvalue weighted by Crippen LogP contribution is -1.97. The van der Waals surface area contributed by atoms with Gasteiger partial charge in [0.2, 0.25) is 0 Å². The highest BCUT2D eigenvalue weighted by molar-refractivity contribution is 6.09. The molecule has 0 unspecified atom stereocenters. The normalized spacial score (nSPS) is 10.7. The minimum atomic E-state index is 0. The molecule has 0 atom stereocenters. The summed E-state index contributed by atoms with van der Waals surface area (Å²) in [6, 6.07) is 7.91. The van der Waals surface area contributed by atoms with Crippen LogP contribution in [0.4, 0.5) is 0 Å². The maximum absolute atomic E-state index is 11.7. The second-order valence-electron chi connectivity index (χ2n) is 3.45. The van der Waals surface area contributed by atoms with E-state index in [-0.39, 0.29) is 7.21 Å². The fraction of sp³-hybridized carbons (Fsp3) is 0.250. The lowest BCUT2D eigenvalue weighted by atomic mass is 10.1. The van der Waals surface area contributed by atoms with Gasteiger partial charge in [0.15, 0.2) is 5.78 Å². The Kier molecular flexibility index (Phi) is 2.12. The average molecular weight is 189 g/mol. The van der Waals surface area contributed by atoms with Crippen molar-refractivity contribution < 1.29 is 6.22 Å². The molecule has 0 amide bonds. The summed E-state index contributed by atoms with van der Waals surface area (Å²) in [5.41, 5.74) is 2.86. The van der Waals surface area contributed by atoms with Gasteiger partial charge in [0.25, 0.3) is 0 Å². The Labute approximate surface area is 84.4 Å². The quantitative estimate of drug-likeness (QED) is 0.722. The monoisotopic (exact) mass is 189 g/mol. The van der Waals surface area contributed by atoms with Crippen LogP contribution in [0.2, 0.25) is 0 Å². The molecule has 0 bridgehead atoms. The third-order valence-corrected chi connectivity index (χ3v) is 2.49. The Morgan fingerprint density at radius 2 is 2.14 bits per heavy atom. The van der Waals surface area contributed by atoms with Crippen LogP contribution in [0.25, 0.3) is 10.9 Å². The molecule has 0 aliphatic carbocycles. The molecule has 0 aliphatic heterocycles. The maximum Gasteiger partial charge on any atom is 0.165 e. The molecule has 1 heterocycles. The highest BCUT2D eigenvalue weighted by atomic mass is 16.1. The molecule has 0 radical (unpaired) electrons. The van der Waals surface area contributed by atoms with Crippen LogP contribution in [-0.2, 0) is 0 Å². The van der Waals surface area contributed by atoms with E-state index in [1.807, 2.05) is 38.1 Å². The van der Waals surface area contributed by atoms with Gasteiger partial charge in [0.05, 0.1) is 0 Å². The molecule has 0 saturated heterocycles. The first-order valence-electron chi connectivity index (χ1n) is 4.84. The van der Waals surface area contributed by atoms with Crippen LogP contribution in [-0.4, -0.2) is 10.8 Å². The molecule has 0 aliphatic rings. The van der Waals surface area contributed by atoms with E-state index in [4.69, 9.17) is 0 Å². The second kappa shape index (κ2) is 3.29. The summed E-state index contributed by atoms with van der Waals surface area (Å²) < 4.78 is 0. The third-order valence-electron chi connectivity index (χ3n) is 2.49. The number of benzene rings is 1. The van der Waals surface area contributed by atoms with Crippen molar-refractivity contribution in [2.24, 2.45) is 0 Å². The summed E-state index contributed by atoms with van der Waals surface area (Å²) in [7, 11) is 0. The van der Waals surface area contributed by atoms with Gasteiger partial charge in [0, 0.05) is 30.0 Å². The van der Waals surface area contributed by atoms with Crippen molar-refractivity contribution in [3.8, 4) is 0 Å². The standard InChI is InChI=1S/C12H13NO.H2/c1-3-11(14)12-8(2)13-10-7-5-4-6-9(10)12;/h4-7,13H,3H2,1-2H3;1H. The van der Waals surface area contributed by atoms with E-state index in [1.54, 1.807) is 0 Å². The van der Waals surface area contributed by atoms with E-state index in [9.17, 15) is 4.79 Å². The molecule has 0 spiro atoms. The molecule has 14 heavy (non-hydrogen) atoms. The first-order chi connectivity index (χ1) is 6.74. The van der Waals surface area contributed by atoms with Crippen LogP contribution >= 0.6 is 0 Å². The number of Topliss-reactive ketones (excluding diaryl/α,β-unsaturated/α-hetero) is 1. The molecule has 1 aromatic heterocycles. The van der Waals surface area contributed by atoms with Crippen molar-refractivity contribution >= 4 is 16.7 Å². The number of hydrogen-bond donors (Lipinski definition) is 1. The first kappa shape index (κ1) is 9.00. The van der Waals surface area contributed by atoms with Gasteiger partial charge in [-0.1, -0.05) is 25.1 Å². The zero-order valence-electron chi connectivity index (χ0n) is 8.42. The van der Waals surface area contributed by atoms with Gasteiger partial charge in [0.1, 0.15) is 0 Å². The summed E-state index contributed by atoms with van der Waals surface area (Å²) in [6.45, 7) is 3.84. The molecule has 2 nitrogen and oxygen atoms in total. The van der Waals surface area contributed by atoms with E-state index in [0.29, 0.717) is 6.42 Å². The van der Waals surface area contributed by atoms with Gasteiger partial charge in [-0.15, -0.1) is 0 Å². The van der Waals surface area contributed by atoms with Gasteiger partial charge in [-0.3, -0.25) is 4.79 Å². The van der Waals surface area contributed by atoms with Crippen molar-refractivity contribution in [3.05, 3.63) is 35.5 Å². The molecule has 2 heteroatoms. The van der Waals surface area contributed by atoms with E-state index >= 15 is 0 Å². The molecule has 1 N–H and O–H groups in total. The maximum atomic E-state index is 11.7. The number of carbonyl (C=O) groups is 1. The molecule has 2 rings (SSSR count). The Morgan fingerprint density at radius 1 is 1.43 bits per heavy atom. The number of aromatic amines is 1. The Morgan fingerprint density at radius 3 is 2.86 bits per heavy atom. The Balaban J connectivity index is 0.00000112. The predicted octanol–water partition coefficient (Wildman–Crippen LogP) is 3.32. The number of nitrogens with one attached hydrogen (secondary N) is 1. The molecule has 0 saturated carbocycles. The third kappa shape index (κ3) is 1.23. The largest absolute Gasteiger partial charge is 0.358 e. The zero-order chi connectivity index (χ0) is 10.1. The minimum Gasteiger partial charge on any atom is -0.358 e. The topological polar surface area (TPSA) is 32.9 Å². The van der Waals surface area contributed by atoms with Gasteiger partial charge in [-0.25, -0.2) is 0 Å². The highest BCUT2D eigenvalue weighted by Crippen LogP contribution is 2.22.